The molecule has 3 heterocycles. The van der Waals surface area contributed by atoms with Crippen LogP contribution < -0.4 is 4.90 Å². The van der Waals surface area contributed by atoms with Gasteiger partial charge in [0.25, 0.3) is 6.29 Å². The molecule has 1 N–H and O–H groups in total. The Hall–Kier alpha value is -8.05. The molecule has 62 heavy (non-hydrogen) atoms. The van der Waals surface area contributed by atoms with Gasteiger partial charge in [-0.05, 0) is 111 Å². The maximum absolute atomic E-state index is 5.58. The van der Waals surface area contributed by atoms with Crippen LogP contribution in [0.2, 0.25) is 0 Å². The van der Waals surface area contributed by atoms with Crippen molar-refractivity contribution in [2.75, 3.05) is 0 Å². The van der Waals surface area contributed by atoms with Gasteiger partial charge in [0.05, 0.1) is 27.6 Å². The van der Waals surface area contributed by atoms with Crippen molar-refractivity contribution < 1.29 is 4.90 Å². The number of aromatic nitrogens is 2. The Kier molecular flexibility index (Phi) is 7.71. The average molecular weight is 792 g/mol. The van der Waals surface area contributed by atoms with Gasteiger partial charge < -0.3 is 4.57 Å². The molecule has 0 fully saturated rings. The molecule has 12 aromatic rings. The van der Waals surface area contributed by atoms with Gasteiger partial charge in [-0.2, -0.15) is 4.99 Å². The van der Waals surface area contributed by atoms with Crippen LogP contribution in [-0.4, -0.2) is 15.0 Å². The van der Waals surface area contributed by atoms with E-state index in [1.807, 2.05) is 0 Å². The number of fused-ring (bicyclic) bond motifs is 9. The van der Waals surface area contributed by atoms with Crippen LogP contribution in [0.5, 0.6) is 0 Å². The standard InChI is InChI=1S/C58H38N4/c1-3-13-38(14-4-1)40-23-25-43(26-24-40)57-59-58(61(57)46-30-27-41(28-31-46)39-15-5-2-6-16-39)62-53-34-32-47(37-51(53)50-35-44-18-7-8-19-45(44)36-55(50)62)60-52-22-12-11-21-49(52)56-48-20-10-9-17-42(48)29-33-54(56)60/h1-37,58H/p+1. The zero-order valence-electron chi connectivity index (χ0n) is 33.8. The van der Waals surface area contributed by atoms with E-state index in [0.717, 1.165) is 22.6 Å². The molecule has 4 heteroatoms. The number of quaternary nitrogens is 1. The maximum atomic E-state index is 5.58. The molecule has 0 radical (unpaired) electrons. The van der Waals surface area contributed by atoms with Crippen LogP contribution in [0.15, 0.2) is 229 Å². The minimum Gasteiger partial charge on any atom is -0.309 e. The Labute approximate surface area is 358 Å². The van der Waals surface area contributed by atoms with Crippen LogP contribution in [-0.2, 0) is 0 Å². The number of para-hydroxylation sites is 1. The second kappa shape index (κ2) is 13.7. The highest BCUT2D eigenvalue weighted by atomic mass is 15.5. The lowest BCUT2D eigenvalue weighted by molar-refractivity contribution is -0.805. The highest BCUT2D eigenvalue weighted by molar-refractivity contribution is 6.21. The molecule has 2 unspecified atom stereocenters. The summed E-state index contributed by atoms with van der Waals surface area (Å²) in [4.78, 5) is 6.80. The van der Waals surface area contributed by atoms with Crippen molar-refractivity contribution in [2.24, 2.45) is 4.99 Å². The van der Waals surface area contributed by atoms with Gasteiger partial charge in [0, 0.05) is 39.4 Å². The Morgan fingerprint density at radius 3 is 1.63 bits per heavy atom. The third-order valence-electron chi connectivity index (χ3n) is 13.1. The second-order valence-electron chi connectivity index (χ2n) is 16.5. The van der Waals surface area contributed by atoms with E-state index in [1.54, 1.807) is 0 Å². The van der Waals surface area contributed by atoms with E-state index in [-0.39, 0.29) is 6.29 Å². The lowest BCUT2D eigenvalue weighted by atomic mass is 10.0. The van der Waals surface area contributed by atoms with Gasteiger partial charge in [-0.1, -0.05) is 146 Å². The summed E-state index contributed by atoms with van der Waals surface area (Å²) in [7, 11) is 0. The minimum atomic E-state index is -0.229. The summed E-state index contributed by atoms with van der Waals surface area (Å²) in [6.07, 6.45) is -0.229. The van der Waals surface area contributed by atoms with Gasteiger partial charge in [-0.3, -0.25) is 4.57 Å². The Bertz CT molecular complexity index is 3730. The van der Waals surface area contributed by atoms with Gasteiger partial charge in [0.1, 0.15) is 5.69 Å². The van der Waals surface area contributed by atoms with Crippen molar-refractivity contribution in [1.29, 1.82) is 0 Å². The molecule has 0 bridgehead atoms. The van der Waals surface area contributed by atoms with Crippen molar-refractivity contribution >= 4 is 76.7 Å². The minimum absolute atomic E-state index is 0.229. The predicted molar refractivity (Wildman–Crippen MR) is 259 cm³/mol. The number of amidine groups is 1. The third-order valence-corrected chi connectivity index (χ3v) is 13.1. The Morgan fingerprint density at radius 1 is 0.355 bits per heavy atom. The molecule has 0 aliphatic carbocycles. The van der Waals surface area contributed by atoms with E-state index in [1.165, 1.54) is 92.5 Å². The van der Waals surface area contributed by atoms with Gasteiger partial charge in [-0.15, -0.1) is 0 Å². The van der Waals surface area contributed by atoms with Crippen LogP contribution in [0.4, 0.5) is 5.69 Å². The summed E-state index contributed by atoms with van der Waals surface area (Å²) in [5.74, 6) is 1.03. The summed E-state index contributed by atoms with van der Waals surface area (Å²) in [5, 5.41) is 9.96. The predicted octanol–water partition coefficient (Wildman–Crippen LogP) is 13.7. The van der Waals surface area contributed by atoms with Crippen LogP contribution >= 0.6 is 0 Å². The largest absolute Gasteiger partial charge is 0.309 e. The van der Waals surface area contributed by atoms with Gasteiger partial charge in [0.2, 0.25) is 5.84 Å². The molecule has 2 aromatic heterocycles. The van der Waals surface area contributed by atoms with E-state index < -0.39 is 0 Å². The van der Waals surface area contributed by atoms with Crippen molar-refractivity contribution in [3.8, 4) is 27.9 Å². The molecule has 1 aliphatic rings. The number of rotatable bonds is 6. The van der Waals surface area contributed by atoms with Gasteiger partial charge in [-0.25, -0.2) is 4.90 Å². The highest BCUT2D eigenvalue weighted by Crippen LogP contribution is 2.41. The van der Waals surface area contributed by atoms with Crippen molar-refractivity contribution in [3.05, 3.63) is 230 Å². The summed E-state index contributed by atoms with van der Waals surface area (Å²) in [6, 6.07) is 81.8. The molecule has 2 atom stereocenters. The van der Waals surface area contributed by atoms with E-state index >= 15 is 0 Å². The average Bonchev–Trinajstić information content (AvgIpc) is 3.83. The summed E-state index contributed by atoms with van der Waals surface area (Å²) < 4.78 is 4.94. The normalized spacial score (nSPS) is 15.2. The van der Waals surface area contributed by atoms with Crippen LogP contribution in [0.25, 0.3) is 93.1 Å². The first-order valence-electron chi connectivity index (χ1n) is 21.4. The summed E-state index contributed by atoms with van der Waals surface area (Å²) >= 11 is 0. The molecule has 4 nitrogen and oxygen atoms in total. The fourth-order valence-corrected chi connectivity index (χ4v) is 10.1. The van der Waals surface area contributed by atoms with E-state index in [9.17, 15) is 0 Å². The van der Waals surface area contributed by atoms with E-state index in [0.29, 0.717) is 0 Å². The first kappa shape index (κ1) is 34.8. The Morgan fingerprint density at radius 2 is 0.903 bits per heavy atom. The quantitative estimate of drug-likeness (QED) is 0.174. The first-order chi connectivity index (χ1) is 30.7. The smallest absolute Gasteiger partial charge is 0.282 e. The molecule has 0 amide bonds. The fourth-order valence-electron chi connectivity index (χ4n) is 10.1. The van der Waals surface area contributed by atoms with Crippen LogP contribution in [0, 0.1) is 0 Å². The van der Waals surface area contributed by atoms with Crippen molar-refractivity contribution in [2.45, 2.75) is 6.29 Å². The molecule has 0 saturated heterocycles. The van der Waals surface area contributed by atoms with E-state index in [4.69, 9.17) is 4.99 Å². The number of nitrogens with zero attached hydrogens (tertiary/aromatic N) is 3. The van der Waals surface area contributed by atoms with E-state index in [2.05, 4.69) is 234 Å². The molecule has 1 aliphatic heterocycles. The Balaban J connectivity index is 1.02. The fraction of sp³-hybridized carbons (Fsp3) is 0.0172. The third kappa shape index (κ3) is 5.34. The zero-order valence-corrected chi connectivity index (χ0v) is 33.8. The molecular formula is C58H39N4+. The summed E-state index contributed by atoms with van der Waals surface area (Å²) in [6.45, 7) is 0. The molecule has 290 valence electrons. The molecule has 13 rings (SSSR count). The lowest BCUT2D eigenvalue weighted by Gasteiger charge is -2.35. The van der Waals surface area contributed by atoms with Gasteiger partial charge in [0.15, 0.2) is 0 Å². The molecule has 10 aromatic carbocycles. The zero-order chi connectivity index (χ0) is 40.7. The number of benzene rings is 10. The number of hydrogen-bond acceptors (Lipinski definition) is 1. The molecule has 0 saturated carbocycles. The monoisotopic (exact) mass is 791 g/mol. The molecular weight excluding hydrogens is 753 g/mol. The number of hydrogen-bond donors (Lipinski definition) is 1. The summed E-state index contributed by atoms with van der Waals surface area (Å²) in [5.41, 5.74) is 13.0. The van der Waals surface area contributed by atoms with Crippen molar-refractivity contribution in [1.82, 2.24) is 9.13 Å². The number of aliphatic imine (C=N–C) groups is 1. The van der Waals surface area contributed by atoms with Gasteiger partial charge >= 0.3 is 0 Å². The maximum Gasteiger partial charge on any atom is 0.282 e. The van der Waals surface area contributed by atoms with Crippen molar-refractivity contribution in [3.63, 3.8) is 0 Å². The lowest BCUT2D eigenvalue weighted by Crippen LogP contribution is -3.15. The SMILES string of the molecule is c1ccc(-c2ccc(C3=NC(n4c5ccc(-n6c7ccccc7c7c8ccccc8ccc76)cc5c5cc6ccccc6cc54)[NH+]3c3ccc(-c4ccccc4)cc3)cc2)cc1. The topological polar surface area (TPSA) is 26.7 Å². The number of nitrogens with one attached hydrogen (secondary N) is 1. The van der Waals surface area contributed by atoms with Crippen LogP contribution in [0.3, 0.4) is 0 Å². The second-order valence-corrected chi connectivity index (χ2v) is 16.5. The van der Waals surface area contributed by atoms with Crippen LogP contribution in [0.1, 0.15) is 11.9 Å². The molecule has 0 spiro atoms. The first-order valence-corrected chi connectivity index (χ1v) is 21.4. The highest BCUT2D eigenvalue weighted by Gasteiger charge is 2.43.